The number of rotatable bonds is 7. The molecule has 2 heterocycles. The Hall–Kier alpha value is -2.87. The third-order valence-corrected chi connectivity index (χ3v) is 5.86. The minimum absolute atomic E-state index is 0.0417. The molecule has 0 spiro atoms. The van der Waals surface area contributed by atoms with E-state index in [9.17, 15) is 9.59 Å². The third kappa shape index (κ3) is 4.59. The number of nitrogens with zero attached hydrogens (tertiary/aromatic N) is 3. The number of hydrogen-bond donors (Lipinski definition) is 2. The molecule has 4 rings (SSSR count). The zero-order chi connectivity index (χ0) is 20.1. The Bertz CT molecular complexity index is 1090. The van der Waals surface area contributed by atoms with E-state index < -0.39 is 0 Å². The quantitative estimate of drug-likeness (QED) is 0.462. The van der Waals surface area contributed by atoms with E-state index in [1.54, 1.807) is 0 Å². The maximum atomic E-state index is 12.3. The highest BCUT2D eigenvalue weighted by atomic mass is 32.2. The molecule has 0 unspecified atom stereocenters. The summed E-state index contributed by atoms with van der Waals surface area (Å²) >= 11 is 1.30. The van der Waals surface area contributed by atoms with Gasteiger partial charge in [0.2, 0.25) is 5.91 Å². The van der Waals surface area contributed by atoms with Crippen LogP contribution in [-0.4, -0.2) is 37.7 Å². The van der Waals surface area contributed by atoms with Crippen LogP contribution in [0, 0.1) is 0 Å². The van der Waals surface area contributed by atoms with E-state index in [1.165, 1.54) is 36.5 Å². The van der Waals surface area contributed by atoms with Crippen molar-refractivity contribution in [1.29, 1.82) is 0 Å². The summed E-state index contributed by atoms with van der Waals surface area (Å²) in [6.07, 6.45) is 9.41. The van der Waals surface area contributed by atoms with Crippen LogP contribution in [0.5, 0.6) is 0 Å². The van der Waals surface area contributed by atoms with Gasteiger partial charge in [-0.25, -0.2) is 9.97 Å². The van der Waals surface area contributed by atoms with Gasteiger partial charge < -0.3 is 10.3 Å². The summed E-state index contributed by atoms with van der Waals surface area (Å²) in [6, 6.07) is 9.59. The minimum Gasteiger partial charge on any atom is -0.355 e. The smallest absolute Gasteiger partial charge is 0.278 e. The molecule has 0 fully saturated rings. The first-order valence-electron chi connectivity index (χ1n) is 9.81. The second-order valence-electron chi connectivity index (χ2n) is 6.97. The monoisotopic (exact) mass is 409 g/mol. The number of H-pyrrole nitrogens is 1. The first kappa shape index (κ1) is 19.4. The van der Waals surface area contributed by atoms with E-state index in [-0.39, 0.29) is 22.7 Å². The molecule has 3 aromatic rings. The SMILES string of the molecule is O=C(CSc1nc2c(=O)[nH]cnc2n1-c1ccccc1)NCCC1=CCCCC1. The molecule has 8 heteroatoms. The van der Waals surface area contributed by atoms with Gasteiger partial charge in [0.1, 0.15) is 0 Å². The predicted octanol–water partition coefficient (Wildman–Crippen LogP) is 3.21. The molecule has 0 aliphatic heterocycles. The van der Waals surface area contributed by atoms with Crippen molar-refractivity contribution in [3.63, 3.8) is 0 Å². The van der Waals surface area contributed by atoms with Crippen LogP contribution in [0.4, 0.5) is 0 Å². The fraction of sp³-hybridized carbons (Fsp3) is 0.333. The zero-order valence-corrected chi connectivity index (χ0v) is 16.9. The molecule has 0 saturated heterocycles. The Morgan fingerprint density at radius 2 is 2.10 bits per heavy atom. The molecule has 7 nitrogen and oxygen atoms in total. The van der Waals surface area contributed by atoms with Crippen LogP contribution in [0.15, 0.2) is 58.3 Å². The largest absolute Gasteiger partial charge is 0.355 e. The molecule has 0 bridgehead atoms. The Morgan fingerprint density at radius 3 is 2.90 bits per heavy atom. The van der Waals surface area contributed by atoms with Gasteiger partial charge in [-0.1, -0.05) is 41.6 Å². The maximum absolute atomic E-state index is 12.3. The number of nitrogens with one attached hydrogen (secondary N) is 2. The normalized spacial score (nSPS) is 14.0. The fourth-order valence-corrected chi connectivity index (χ4v) is 4.30. The molecular weight excluding hydrogens is 386 g/mol. The van der Waals surface area contributed by atoms with Crippen LogP contribution < -0.4 is 10.9 Å². The van der Waals surface area contributed by atoms with Gasteiger partial charge >= 0.3 is 0 Å². The van der Waals surface area contributed by atoms with Crippen LogP contribution in [0.1, 0.15) is 32.1 Å². The number of thioether (sulfide) groups is 1. The number of aromatic amines is 1. The molecule has 0 atom stereocenters. The summed E-state index contributed by atoms with van der Waals surface area (Å²) in [5, 5.41) is 3.55. The topological polar surface area (TPSA) is 92.7 Å². The van der Waals surface area contributed by atoms with E-state index in [4.69, 9.17) is 0 Å². The van der Waals surface area contributed by atoms with Crippen molar-refractivity contribution >= 4 is 28.8 Å². The van der Waals surface area contributed by atoms with E-state index >= 15 is 0 Å². The molecule has 0 saturated carbocycles. The number of fused-ring (bicyclic) bond motifs is 1. The average Bonchev–Trinajstić information content (AvgIpc) is 3.13. The zero-order valence-electron chi connectivity index (χ0n) is 16.1. The highest BCUT2D eigenvalue weighted by Gasteiger charge is 2.17. The Labute approximate surface area is 172 Å². The molecule has 1 amide bonds. The average molecular weight is 410 g/mol. The minimum atomic E-state index is -0.295. The Balaban J connectivity index is 1.46. The van der Waals surface area contributed by atoms with Gasteiger partial charge in [0, 0.05) is 12.2 Å². The van der Waals surface area contributed by atoms with Gasteiger partial charge in [0.05, 0.1) is 12.1 Å². The van der Waals surface area contributed by atoms with Gasteiger partial charge in [-0.3, -0.25) is 14.2 Å². The third-order valence-electron chi connectivity index (χ3n) is 4.92. The molecule has 1 aliphatic carbocycles. The van der Waals surface area contributed by atoms with Crippen LogP contribution in [-0.2, 0) is 4.79 Å². The second-order valence-corrected chi connectivity index (χ2v) is 7.91. The van der Waals surface area contributed by atoms with Gasteiger partial charge in [0.25, 0.3) is 5.56 Å². The molecule has 150 valence electrons. The molecule has 1 aliphatic rings. The summed E-state index contributed by atoms with van der Waals surface area (Å²) < 4.78 is 1.81. The van der Waals surface area contributed by atoms with Gasteiger partial charge in [-0.2, -0.15) is 0 Å². The second kappa shape index (κ2) is 9.09. The van der Waals surface area contributed by atoms with Gasteiger partial charge in [-0.05, 0) is 44.2 Å². The summed E-state index contributed by atoms with van der Waals surface area (Å²) in [6.45, 7) is 0.654. The van der Waals surface area contributed by atoms with Crippen molar-refractivity contribution in [2.24, 2.45) is 0 Å². The first-order valence-corrected chi connectivity index (χ1v) is 10.8. The van der Waals surface area contributed by atoms with Gasteiger partial charge in [0.15, 0.2) is 16.3 Å². The number of allylic oxidation sites excluding steroid dienone is 1. The number of para-hydroxylation sites is 1. The summed E-state index contributed by atoms with van der Waals surface area (Å²) in [4.78, 5) is 35.7. The lowest BCUT2D eigenvalue weighted by Gasteiger charge is -2.13. The molecular formula is C21H23N5O2S. The van der Waals surface area contributed by atoms with Crippen molar-refractivity contribution < 1.29 is 4.79 Å². The number of amides is 1. The first-order chi connectivity index (χ1) is 14.2. The lowest BCUT2D eigenvalue weighted by Crippen LogP contribution is -2.26. The Kier molecular flexibility index (Phi) is 6.09. The highest BCUT2D eigenvalue weighted by molar-refractivity contribution is 7.99. The number of benzene rings is 1. The van der Waals surface area contributed by atoms with Crippen molar-refractivity contribution in [3.8, 4) is 5.69 Å². The summed E-state index contributed by atoms with van der Waals surface area (Å²) in [7, 11) is 0. The molecule has 2 N–H and O–H groups in total. The van der Waals surface area contributed by atoms with E-state index in [0.29, 0.717) is 17.3 Å². The number of carbonyl (C=O) groups is 1. The van der Waals surface area contributed by atoms with E-state index in [1.807, 2.05) is 34.9 Å². The van der Waals surface area contributed by atoms with E-state index in [2.05, 4.69) is 26.3 Å². The maximum Gasteiger partial charge on any atom is 0.278 e. The van der Waals surface area contributed by atoms with Crippen molar-refractivity contribution in [2.45, 2.75) is 37.3 Å². The van der Waals surface area contributed by atoms with Crippen LogP contribution in [0.3, 0.4) is 0 Å². The fourth-order valence-electron chi connectivity index (χ4n) is 3.47. The molecule has 2 aromatic heterocycles. The standard InChI is InChI=1S/C21H23N5O2S/c27-17(22-12-11-15-7-3-1-4-8-15)13-29-21-25-18-19(23-14-24-20(18)28)26(21)16-9-5-2-6-10-16/h2,5-7,9-10,14H,1,3-4,8,11-13H2,(H,22,27)(H,23,24,28). The predicted molar refractivity (Wildman–Crippen MR) is 114 cm³/mol. The van der Waals surface area contributed by atoms with Crippen LogP contribution in [0.2, 0.25) is 0 Å². The van der Waals surface area contributed by atoms with Crippen molar-refractivity contribution in [2.75, 3.05) is 12.3 Å². The molecule has 1 aromatic carbocycles. The van der Waals surface area contributed by atoms with Crippen LogP contribution in [0.25, 0.3) is 16.9 Å². The molecule has 29 heavy (non-hydrogen) atoms. The number of imidazole rings is 1. The van der Waals surface area contributed by atoms with E-state index in [0.717, 1.165) is 24.9 Å². The Morgan fingerprint density at radius 1 is 1.24 bits per heavy atom. The molecule has 0 radical (unpaired) electrons. The lowest BCUT2D eigenvalue weighted by molar-refractivity contribution is -0.118. The number of hydrogen-bond acceptors (Lipinski definition) is 5. The van der Waals surface area contributed by atoms with Crippen molar-refractivity contribution in [1.82, 2.24) is 24.8 Å². The summed E-state index contributed by atoms with van der Waals surface area (Å²) in [5.41, 5.74) is 2.74. The number of carbonyl (C=O) groups excluding carboxylic acids is 1. The lowest BCUT2D eigenvalue weighted by atomic mass is 9.97. The van der Waals surface area contributed by atoms with Gasteiger partial charge in [-0.15, -0.1) is 0 Å². The van der Waals surface area contributed by atoms with Crippen LogP contribution >= 0.6 is 11.8 Å². The van der Waals surface area contributed by atoms with Crippen molar-refractivity contribution in [3.05, 3.63) is 58.7 Å². The highest BCUT2D eigenvalue weighted by Crippen LogP contribution is 2.25. The number of aromatic nitrogens is 4. The summed E-state index contributed by atoms with van der Waals surface area (Å²) in [5.74, 6) is 0.188.